The molecule has 0 unspecified atom stereocenters. The second-order valence-corrected chi connectivity index (χ2v) is 2.87. The van der Waals surface area contributed by atoms with Crippen LogP contribution >= 0.6 is 11.8 Å². The summed E-state index contributed by atoms with van der Waals surface area (Å²) in [6.45, 7) is 4.06. The van der Waals surface area contributed by atoms with Crippen molar-refractivity contribution in [3.05, 3.63) is 25.5 Å². The van der Waals surface area contributed by atoms with E-state index in [1.165, 1.54) is 30.7 Å². The van der Waals surface area contributed by atoms with Crippen molar-refractivity contribution in [2.24, 2.45) is 0 Å². The van der Waals surface area contributed by atoms with Gasteiger partial charge in [-0.05, 0) is 0 Å². The molecule has 0 saturated heterocycles. The van der Waals surface area contributed by atoms with Crippen molar-refractivity contribution in [2.75, 3.05) is 12.4 Å². The molecule has 0 N–H and O–H groups in total. The largest absolute Gasteiger partial charge is 0.501 e. The number of hydrogen-bond donors (Lipinski definition) is 0. The van der Waals surface area contributed by atoms with Crippen LogP contribution in [0.4, 0.5) is 0 Å². The Labute approximate surface area is 75.1 Å². The first-order chi connectivity index (χ1) is 5.93. The first-order valence-electron chi connectivity index (χ1n) is 3.41. The molecule has 0 amide bonds. The van der Waals surface area contributed by atoms with Crippen LogP contribution in [0, 0.1) is 0 Å². The number of hydrogen-bond acceptors (Lipinski definition) is 5. The summed E-state index contributed by atoms with van der Waals surface area (Å²) < 4.78 is 4.93. The molecule has 5 heteroatoms. The Bertz CT molecular complexity index is 229. The molecular formula is C7H9N3OS. The third-order valence-corrected chi connectivity index (χ3v) is 1.86. The summed E-state index contributed by atoms with van der Waals surface area (Å²) in [6, 6.07) is 0. The Morgan fingerprint density at radius 2 is 2.25 bits per heavy atom. The van der Waals surface area contributed by atoms with E-state index in [2.05, 4.69) is 21.5 Å². The molecule has 12 heavy (non-hydrogen) atoms. The first kappa shape index (κ1) is 8.99. The maximum atomic E-state index is 4.93. The van der Waals surface area contributed by atoms with Gasteiger partial charge in [0.2, 0.25) is 0 Å². The van der Waals surface area contributed by atoms with Gasteiger partial charge in [0.15, 0.2) is 5.16 Å². The summed E-state index contributed by atoms with van der Waals surface area (Å²) in [7, 11) is 0. The summed E-state index contributed by atoms with van der Waals surface area (Å²) in [6.07, 6.45) is 4.38. The number of aromatic nitrogens is 3. The fourth-order valence-electron chi connectivity index (χ4n) is 0.568. The van der Waals surface area contributed by atoms with Gasteiger partial charge in [-0.2, -0.15) is 0 Å². The second kappa shape index (κ2) is 5.54. The third kappa shape index (κ3) is 3.34. The van der Waals surface area contributed by atoms with Gasteiger partial charge >= 0.3 is 0 Å². The van der Waals surface area contributed by atoms with Crippen LogP contribution in [-0.4, -0.2) is 27.3 Å². The maximum Gasteiger partial charge on any atom is 0.190 e. The highest BCUT2D eigenvalue weighted by Gasteiger charge is 1.94. The molecule has 1 aromatic heterocycles. The van der Waals surface area contributed by atoms with Crippen molar-refractivity contribution in [1.29, 1.82) is 0 Å². The molecule has 0 aliphatic rings. The normalized spacial score (nSPS) is 9.33. The Morgan fingerprint density at radius 3 is 2.92 bits per heavy atom. The van der Waals surface area contributed by atoms with Gasteiger partial charge in [0.25, 0.3) is 0 Å². The topological polar surface area (TPSA) is 47.9 Å². The zero-order valence-corrected chi connectivity index (χ0v) is 7.33. The van der Waals surface area contributed by atoms with Gasteiger partial charge in [-0.3, -0.25) is 0 Å². The predicted octanol–water partition coefficient (Wildman–Crippen LogP) is 1.12. The minimum atomic E-state index is 0.625. The summed E-state index contributed by atoms with van der Waals surface area (Å²) in [5.41, 5.74) is 0. The van der Waals surface area contributed by atoms with Crippen molar-refractivity contribution in [3.8, 4) is 0 Å². The molecule has 0 saturated carbocycles. The van der Waals surface area contributed by atoms with Crippen LogP contribution in [0.25, 0.3) is 0 Å². The Kier molecular flexibility index (Phi) is 4.15. The van der Waals surface area contributed by atoms with E-state index in [0.717, 1.165) is 10.9 Å². The summed E-state index contributed by atoms with van der Waals surface area (Å²) in [5.74, 6) is 0.816. The van der Waals surface area contributed by atoms with Crippen LogP contribution in [0.2, 0.25) is 0 Å². The standard InChI is InChI=1S/C7H9N3OS/c1-2-11-3-4-12-7-9-5-8-6-10-7/h2,5-6H,1,3-4H2. The predicted molar refractivity (Wildman–Crippen MR) is 46.7 cm³/mol. The Morgan fingerprint density at radius 1 is 1.50 bits per heavy atom. The van der Waals surface area contributed by atoms with E-state index in [-0.39, 0.29) is 0 Å². The summed E-state index contributed by atoms with van der Waals surface area (Å²) in [4.78, 5) is 11.6. The molecule has 0 aliphatic heterocycles. The third-order valence-electron chi connectivity index (χ3n) is 1.02. The summed E-state index contributed by atoms with van der Waals surface area (Å²) >= 11 is 1.53. The van der Waals surface area contributed by atoms with Gasteiger partial charge in [-0.1, -0.05) is 18.3 Å². The van der Waals surface area contributed by atoms with Crippen molar-refractivity contribution < 1.29 is 4.74 Å². The van der Waals surface area contributed by atoms with E-state index in [9.17, 15) is 0 Å². The van der Waals surface area contributed by atoms with Gasteiger partial charge in [0, 0.05) is 5.75 Å². The average molecular weight is 183 g/mol. The van der Waals surface area contributed by atoms with Crippen LogP contribution in [-0.2, 0) is 4.74 Å². The SMILES string of the molecule is C=COCCSc1ncncn1. The van der Waals surface area contributed by atoms with E-state index in [0.29, 0.717) is 6.61 Å². The molecule has 4 nitrogen and oxygen atoms in total. The Balaban J connectivity index is 2.20. The lowest BCUT2D eigenvalue weighted by Crippen LogP contribution is -1.93. The molecule has 0 fully saturated rings. The smallest absolute Gasteiger partial charge is 0.190 e. The van der Waals surface area contributed by atoms with E-state index in [1.807, 2.05) is 0 Å². The molecule has 1 aromatic rings. The van der Waals surface area contributed by atoms with Crippen molar-refractivity contribution in [3.63, 3.8) is 0 Å². The van der Waals surface area contributed by atoms with Crippen LogP contribution in [0.5, 0.6) is 0 Å². The lowest BCUT2D eigenvalue weighted by atomic mass is 10.8. The minimum Gasteiger partial charge on any atom is -0.501 e. The maximum absolute atomic E-state index is 4.93. The van der Waals surface area contributed by atoms with Gasteiger partial charge in [-0.15, -0.1) is 0 Å². The fourth-order valence-corrected chi connectivity index (χ4v) is 1.17. The average Bonchev–Trinajstić information content (AvgIpc) is 2.14. The number of rotatable bonds is 5. The van der Waals surface area contributed by atoms with E-state index in [4.69, 9.17) is 4.74 Å². The van der Waals surface area contributed by atoms with Crippen LogP contribution in [0.15, 0.2) is 30.7 Å². The van der Waals surface area contributed by atoms with Gasteiger partial charge in [0.1, 0.15) is 12.7 Å². The van der Waals surface area contributed by atoms with Crippen molar-refractivity contribution in [1.82, 2.24) is 15.0 Å². The highest BCUT2D eigenvalue weighted by molar-refractivity contribution is 7.99. The van der Waals surface area contributed by atoms with Crippen LogP contribution in [0.1, 0.15) is 0 Å². The summed E-state index contributed by atoms with van der Waals surface area (Å²) in [5, 5.41) is 0.720. The fraction of sp³-hybridized carbons (Fsp3) is 0.286. The number of thioether (sulfide) groups is 1. The van der Waals surface area contributed by atoms with Gasteiger partial charge < -0.3 is 4.74 Å². The first-order valence-corrected chi connectivity index (χ1v) is 4.39. The number of ether oxygens (including phenoxy) is 1. The molecule has 0 aromatic carbocycles. The van der Waals surface area contributed by atoms with Crippen LogP contribution < -0.4 is 0 Å². The molecular weight excluding hydrogens is 174 g/mol. The Hall–Kier alpha value is -1.10. The number of nitrogens with zero attached hydrogens (tertiary/aromatic N) is 3. The highest BCUT2D eigenvalue weighted by atomic mass is 32.2. The van der Waals surface area contributed by atoms with E-state index in [1.54, 1.807) is 0 Å². The van der Waals surface area contributed by atoms with Gasteiger partial charge in [0.05, 0.1) is 12.9 Å². The van der Waals surface area contributed by atoms with Crippen LogP contribution in [0.3, 0.4) is 0 Å². The molecule has 0 aliphatic carbocycles. The van der Waals surface area contributed by atoms with E-state index < -0.39 is 0 Å². The van der Waals surface area contributed by atoms with E-state index >= 15 is 0 Å². The molecule has 64 valence electrons. The lowest BCUT2D eigenvalue weighted by molar-refractivity contribution is 0.274. The molecule has 1 rings (SSSR count). The minimum absolute atomic E-state index is 0.625. The van der Waals surface area contributed by atoms with Crippen molar-refractivity contribution in [2.45, 2.75) is 5.16 Å². The second-order valence-electron chi connectivity index (χ2n) is 1.81. The zero-order chi connectivity index (χ0) is 8.65. The zero-order valence-electron chi connectivity index (χ0n) is 6.51. The lowest BCUT2D eigenvalue weighted by Gasteiger charge is -1.98. The molecule has 0 radical (unpaired) electrons. The molecule has 1 heterocycles. The molecule has 0 atom stereocenters. The molecule has 0 bridgehead atoms. The van der Waals surface area contributed by atoms with Gasteiger partial charge in [-0.25, -0.2) is 15.0 Å². The monoisotopic (exact) mass is 183 g/mol. The highest BCUT2D eigenvalue weighted by Crippen LogP contribution is 2.09. The quantitative estimate of drug-likeness (QED) is 0.389. The molecule has 0 spiro atoms. The van der Waals surface area contributed by atoms with Crippen molar-refractivity contribution >= 4 is 11.8 Å².